The largest absolute Gasteiger partial charge is 0.378 e. The van der Waals surface area contributed by atoms with Gasteiger partial charge in [0, 0.05) is 0 Å². The SMILES string of the molecule is C/C(=N\NC(=O)c1nnn(-c2nonc2N)c1C)c1ccc(Cl)s1. The molecule has 0 aromatic carbocycles. The van der Waals surface area contributed by atoms with E-state index in [4.69, 9.17) is 17.3 Å². The summed E-state index contributed by atoms with van der Waals surface area (Å²) in [4.78, 5) is 13.1. The van der Waals surface area contributed by atoms with Crippen LogP contribution in [0.4, 0.5) is 5.82 Å². The van der Waals surface area contributed by atoms with Gasteiger partial charge in [0.15, 0.2) is 5.69 Å². The van der Waals surface area contributed by atoms with Gasteiger partial charge in [-0.15, -0.1) is 16.4 Å². The van der Waals surface area contributed by atoms with Crippen molar-refractivity contribution >= 4 is 40.4 Å². The first-order chi connectivity index (χ1) is 11.5. The van der Waals surface area contributed by atoms with E-state index in [-0.39, 0.29) is 17.3 Å². The van der Waals surface area contributed by atoms with Crippen LogP contribution in [0.2, 0.25) is 4.34 Å². The smallest absolute Gasteiger partial charge is 0.293 e. The van der Waals surface area contributed by atoms with E-state index in [2.05, 4.69) is 35.8 Å². The molecular formula is C12H11ClN8O2S. The van der Waals surface area contributed by atoms with Crippen molar-refractivity contribution in [2.24, 2.45) is 5.10 Å². The Morgan fingerprint density at radius 3 is 2.88 bits per heavy atom. The highest BCUT2D eigenvalue weighted by Crippen LogP contribution is 2.21. The summed E-state index contributed by atoms with van der Waals surface area (Å²) in [5.41, 5.74) is 9.15. The number of rotatable bonds is 4. The van der Waals surface area contributed by atoms with Crippen LogP contribution in [0.25, 0.3) is 5.82 Å². The lowest BCUT2D eigenvalue weighted by Crippen LogP contribution is -2.20. The molecule has 0 unspecified atom stereocenters. The van der Waals surface area contributed by atoms with Gasteiger partial charge in [-0.1, -0.05) is 16.8 Å². The van der Waals surface area contributed by atoms with Gasteiger partial charge in [0.1, 0.15) is 0 Å². The van der Waals surface area contributed by atoms with Crippen molar-refractivity contribution in [3.63, 3.8) is 0 Å². The van der Waals surface area contributed by atoms with Gasteiger partial charge in [0.2, 0.25) is 11.6 Å². The molecule has 0 fully saturated rings. The summed E-state index contributed by atoms with van der Waals surface area (Å²) in [7, 11) is 0. The molecular weight excluding hydrogens is 356 g/mol. The molecule has 1 amide bonds. The van der Waals surface area contributed by atoms with Gasteiger partial charge in [-0.3, -0.25) is 4.79 Å². The van der Waals surface area contributed by atoms with Crippen LogP contribution in [0.3, 0.4) is 0 Å². The number of hydrogen-bond acceptors (Lipinski definition) is 9. The number of nitrogen functional groups attached to an aromatic ring is 1. The van der Waals surface area contributed by atoms with E-state index >= 15 is 0 Å². The van der Waals surface area contributed by atoms with Crippen LogP contribution in [0.15, 0.2) is 21.9 Å². The maximum absolute atomic E-state index is 12.2. The number of carbonyl (C=O) groups excluding carboxylic acids is 1. The summed E-state index contributed by atoms with van der Waals surface area (Å²) in [5, 5.41) is 18.7. The molecule has 3 aromatic heterocycles. The first-order valence-electron chi connectivity index (χ1n) is 6.58. The number of nitrogens with zero attached hydrogens (tertiary/aromatic N) is 6. The molecule has 24 heavy (non-hydrogen) atoms. The quantitative estimate of drug-likeness (QED) is 0.526. The number of halogens is 1. The fourth-order valence-electron chi connectivity index (χ4n) is 1.83. The van der Waals surface area contributed by atoms with Crippen LogP contribution in [0, 0.1) is 6.92 Å². The zero-order valence-corrected chi connectivity index (χ0v) is 14.1. The van der Waals surface area contributed by atoms with Crippen LogP contribution < -0.4 is 11.2 Å². The third-order valence-electron chi connectivity index (χ3n) is 3.06. The first kappa shape index (κ1) is 16.1. The molecule has 0 aliphatic carbocycles. The molecule has 12 heteroatoms. The van der Waals surface area contributed by atoms with Crippen LogP contribution in [-0.4, -0.2) is 36.9 Å². The molecule has 0 saturated carbocycles. The summed E-state index contributed by atoms with van der Waals surface area (Å²) in [5.74, 6) is -0.318. The molecule has 3 rings (SSSR count). The van der Waals surface area contributed by atoms with Gasteiger partial charge >= 0.3 is 0 Å². The highest BCUT2D eigenvalue weighted by atomic mass is 35.5. The molecule has 124 valence electrons. The van der Waals surface area contributed by atoms with Gasteiger partial charge < -0.3 is 5.73 Å². The summed E-state index contributed by atoms with van der Waals surface area (Å²) in [6.45, 7) is 3.40. The standard InChI is InChI=1S/C12H11ClN8O2S/c1-5(7-3-4-8(13)24-7)15-17-12(22)9-6(2)21(20-16-9)11-10(14)18-23-19-11/h3-4H,1-2H3,(H2,14,18)(H,17,22)/b15-5+. The van der Waals surface area contributed by atoms with Crippen molar-refractivity contribution in [3.05, 3.63) is 32.7 Å². The number of hydrazone groups is 1. The zero-order valence-electron chi connectivity index (χ0n) is 12.5. The molecule has 3 heterocycles. The first-order valence-corrected chi connectivity index (χ1v) is 7.78. The molecule has 3 N–H and O–H groups in total. The van der Waals surface area contributed by atoms with Gasteiger partial charge in [0.05, 0.1) is 20.6 Å². The van der Waals surface area contributed by atoms with Crippen LogP contribution >= 0.6 is 22.9 Å². The lowest BCUT2D eigenvalue weighted by molar-refractivity contribution is 0.0949. The highest BCUT2D eigenvalue weighted by Gasteiger charge is 2.20. The van der Waals surface area contributed by atoms with E-state index in [1.165, 1.54) is 16.0 Å². The monoisotopic (exact) mass is 366 g/mol. The normalized spacial score (nSPS) is 11.7. The molecule has 3 aromatic rings. The van der Waals surface area contributed by atoms with Crippen molar-refractivity contribution in [1.82, 2.24) is 30.7 Å². The van der Waals surface area contributed by atoms with E-state index < -0.39 is 5.91 Å². The summed E-state index contributed by atoms with van der Waals surface area (Å²) < 4.78 is 6.41. The maximum atomic E-state index is 12.2. The third-order valence-corrected chi connectivity index (χ3v) is 4.40. The Balaban J connectivity index is 1.79. The van der Waals surface area contributed by atoms with Crippen molar-refractivity contribution < 1.29 is 9.42 Å². The molecule has 0 bridgehead atoms. The minimum atomic E-state index is -0.518. The Kier molecular flexibility index (Phi) is 4.27. The lowest BCUT2D eigenvalue weighted by Gasteiger charge is -2.00. The predicted octanol–water partition coefficient (Wildman–Crippen LogP) is 1.41. The molecule has 0 atom stereocenters. The van der Waals surface area contributed by atoms with Crippen LogP contribution in [0.5, 0.6) is 0 Å². The van der Waals surface area contributed by atoms with E-state index in [9.17, 15) is 4.79 Å². The third kappa shape index (κ3) is 2.98. The fourth-order valence-corrected chi connectivity index (χ4v) is 2.82. The molecule has 0 saturated heterocycles. The van der Waals surface area contributed by atoms with E-state index in [0.29, 0.717) is 15.7 Å². The Labute approximate surface area is 144 Å². The van der Waals surface area contributed by atoms with Gasteiger partial charge in [0.25, 0.3) is 5.91 Å². The van der Waals surface area contributed by atoms with Crippen molar-refractivity contribution in [3.8, 4) is 5.82 Å². The second-order valence-corrected chi connectivity index (χ2v) is 6.37. The number of carbonyl (C=O) groups is 1. The Morgan fingerprint density at radius 2 is 2.25 bits per heavy atom. The van der Waals surface area contributed by atoms with E-state index in [0.717, 1.165) is 4.88 Å². The van der Waals surface area contributed by atoms with Crippen LogP contribution in [0.1, 0.15) is 28.0 Å². The highest BCUT2D eigenvalue weighted by molar-refractivity contribution is 7.18. The number of hydrogen-bond donors (Lipinski definition) is 2. The predicted molar refractivity (Wildman–Crippen MR) is 87.4 cm³/mol. The molecule has 0 aliphatic rings. The number of nitrogens with one attached hydrogen (secondary N) is 1. The van der Waals surface area contributed by atoms with Crippen molar-refractivity contribution in [1.29, 1.82) is 0 Å². The number of thiophene rings is 1. The number of nitrogens with two attached hydrogens (primary N) is 1. The minimum absolute atomic E-state index is 0.0402. The summed E-state index contributed by atoms with van der Waals surface area (Å²) in [6.07, 6.45) is 0. The zero-order chi connectivity index (χ0) is 17.3. The number of amides is 1. The van der Waals surface area contributed by atoms with Crippen molar-refractivity contribution in [2.45, 2.75) is 13.8 Å². The Hall–Kier alpha value is -2.79. The molecule has 0 radical (unpaired) electrons. The minimum Gasteiger partial charge on any atom is -0.378 e. The van der Waals surface area contributed by atoms with Crippen LogP contribution in [-0.2, 0) is 0 Å². The summed E-state index contributed by atoms with van der Waals surface area (Å²) in [6, 6.07) is 3.58. The molecule has 0 spiro atoms. The number of anilines is 1. The maximum Gasteiger partial charge on any atom is 0.293 e. The van der Waals surface area contributed by atoms with Gasteiger partial charge in [-0.05, 0) is 36.3 Å². The summed E-state index contributed by atoms with van der Waals surface area (Å²) >= 11 is 7.24. The number of aromatic nitrogens is 5. The second-order valence-electron chi connectivity index (χ2n) is 4.65. The molecule has 10 nitrogen and oxygen atoms in total. The Morgan fingerprint density at radius 1 is 1.46 bits per heavy atom. The average Bonchev–Trinajstić information content (AvgIpc) is 3.25. The van der Waals surface area contributed by atoms with Gasteiger partial charge in [-0.25, -0.2) is 10.1 Å². The Bertz CT molecular complexity index is 927. The van der Waals surface area contributed by atoms with E-state index in [1.54, 1.807) is 19.9 Å². The van der Waals surface area contributed by atoms with E-state index in [1.807, 2.05) is 6.07 Å². The van der Waals surface area contributed by atoms with Crippen molar-refractivity contribution in [2.75, 3.05) is 5.73 Å². The fraction of sp³-hybridized carbons (Fsp3) is 0.167. The second kappa shape index (κ2) is 6.37. The molecule has 0 aliphatic heterocycles. The average molecular weight is 367 g/mol. The van der Waals surface area contributed by atoms with Gasteiger partial charge in [-0.2, -0.15) is 9.78 Å². The lowest BCUT2D eigenvalue weighted by atomic mass is 10.3. The topological polar surface area (TPSA) is 137 Å².